The van der Waals surface area contributed by atoms with Gasteiger partial charge >= 0.3 is 0 Å². The van der Waals surface area contributed by atoms with E-state index in [1.807, 2.05) is 19.1 Å². The van der Waals surface area contributed by atoms with Gasteiger partial charge in [-0.3, -0.25) is 0 Å². The van der Waals surface area contributed by atoms with Crippen LogP contribution in [0.1, 0.15) is 30.5 Å². The quantitative estimate of drug-likeness (QED) is 0.616. The lowest BCUT2D eigenvalue weighted by atomic mass is 10.2. The van der Waals surface area contributed by atoms with Crippen LogP contribution in [0.4, 0.5) is 0 Å². The van der Waals surface area contributed by atoms with E-state index < -0.39 is 0 Å². The second-order valence-electron chi connectivity index (χ2n) is 2.95. The van der Waals surface area contributed by atoms with Gasteiger partial charge in [0.1, 0.15) is 17.6 Å². The van der Waals surface area contributed by atoms with Gasteiger partial charge in [0.05, 0.1) is 0 Å². The standard InChI is InChI=1S/C9H12O2/c1-7-4-5-9(11-7)8-3-2-6-10-8/h4-5,8H,2-3,6H2,1H3. The van der Waals surface area contributed by atoms with Gasteiger partial charge in [0.15, 0.2) is 0 Å². The van der Waals surface area contributed by atoms with Crippen molar-refractivity contribution in [3.63, 3.8) is 0 Å². The van der Waals surface area contributed by atoms with E-state index in [0.29, 0.717) is 0 Å². The van der Waals surface area contributed by atoms with Crippen LogP contribution in [0.2, 0.25) is 0 Å². The first-order valence-electron chi connectivity index (χ1n) is 4.04. The molecule has 2 nitrogen and oxygen atoms in total. The number of aryl methyl sites for hydroxylation is 1. The minimum atomic E-state index is 0.226. The normalized spacial score (nSPS) is 24.3. The van der Waals surface area contributed by atoms with Crippen molar-refractivity contribution in [1.29, 1.82) is 0 Å². The molecular formula is C9H12O2. The Balaban J connectivity index is 2.15. The number of hydrogen-bond donors (Lipinski definition) is 0. The first kappa shape index (κ1) is 6.92. The molecule has 2 heteroatoms. The Kier molecular flexibility index (Phi) is 1.70. The second kappa shape index (κ2) is 2.70. The summed E-state index contributed by atoms with van der Waals surface area (Å²) in [6.45, 7) is 2.84. The molecule has 0 amide bonds. The van der Waals surface area contributed by atoms with E-state index in [1.54, 1.807) is 0 Å². The molecule has 0 spiro atoms. The third kappa shape index (κ3) is 1.31. The van der Waals surface area contributed by atoms with E-state index in [0.717, 1.165) is 31.0 Å². The fourth-order valence-corrected chi connectivity index (χ4v) is 1.43. The summed E-state index contributed by atoms with van der Waals surface area (Å²) >= 11 is 0. The number of ether oxygens (including phenoxy) is 1. The van der Waals surface area contributed by atoms with Crippen LogP contribution in [0.25, 0.3) is 0 Å². The summed E-state index contributed by atoms with van der Waals surface area (Å²) < 4.78 is 10.9. The van der Waals surface area contributed by atoms with Crippen molar-refractivity contribution in [3.8, 4) is 0 Å². The highest BCUT2D eigenvalue weighted by atomic mass is 16.5. The van der Waals surface area contributed by atoms with Crippen molar-refractivity contribution in [2.24, 2.45) is 0 Å². The highest BCUT2D eigenvalue weighted by Gasteiger charge is 2.20. The van der Waals surface area contributed by atoms with Gasteiger partial charge in [-0.05, 0) is 31.9 Å². The van der Waals surface area contributed by atoms with E-state index >= 15 is 0 Å². The molecule has 0 radical (unpaired) electrons. The molecule has 1 saturated heterocycles. The third-order valence-electron chi connectivity index (χ3n) is 2.01. The maximum atomic E-state index is 5.46. The molecule has 1 aromatic rings. The summed E-state index contributed by atoms with van der Waals surface area (Å²) in [4.78, 5) is 0. The van der Waals surface area contributed by atoms with Gasteiger partial charge in [-0.25, -0.2) is 0 Å². The van der Waals surface area contributed by atoms with Gasteiger partial charge in [-0.15, -0.1) is 0 Å². The van der Waals surface area contributed by atoms with Crippen molar-refractivity contribution in [1.82, 2.24) is 0 Å². The Labute approximate surface area is 66.2 Å². The maximum absolute atomic E-state index is 5.46. The van der Waals surface area contributed by atoms with E-state index in [9.17, 15) is 0 Å². The maximum Gasteiger partial charge on any atom is 0.132 e. The minimum absolute atomic E-state index is 0.226. The molecule has 60 valence electrons. The molecule has 1 aliphatic rings. The summed E-state index contributed by atoms with van der Waals surface area (Å²) in [7, 11) is 0. The zero-order valence-electron chi connectivity index (χ0n) is 6.67. The fraction of sp³-hybridized carbons (Fsp3) is 0.556. The lowest BCUT2D eigenvalue weighted by Crippen LogP contribution is -1.92. The molecule has 0 aliphatic carbocycles. The van der Waals surface area contributed by atoms with E-state index in [4.69, 9.17) is 9.15 Å². The van der Waals surface area contributed by atoms with Crippen LogP contribution in [0, 0.1) is 6.92 Å². The van der Waals surface area contributed by atoms with E-state index in [-0.39, 0.29) is 6.10 Å². The molecule has 2 rings (SSSR count). The Hall–Kier alpha value is -0.760. The first-order chi connectivity index (χ1) is 5.36. The summed E-state index contributed by atoms with van der Waals surface area (Å²) in [5, 5.41) is 0. The summed E-state index contributed by atoms with van der Waals surface area (Å²) in [5.41, 5.74) is 0. The van der Waals surface area contributed by atoms with Crippen molar-refractivity contribution in [2.45, 2.75) is 25.9 Å². The molecule has 1 atom stereocenters. The molecule has 1 aromatic heterocycles. The largest absolute Gasteiger partial charge is 0.464 e. The van der Waals surface area contributed by atoms with Crippen molar-refractivity contribution in [3.05, 3.63) is 23.7 Å². The summed E-state index contributed by atoms with van der Waals surface area (Å²) in [6.07, 6.45) is 2.49. The molecule has 0 saturated carbocycles. The number of rotatable bonds is 1. The van der Waals surface area contributed by atoms with Gasteiger partial charge in [0.2, 0.25) is 0 Å². The molecule has 0 bridgehead atoms. The SMILES string of the molecule is Cc1ccc(C2CCCO2)o1. The molecule has 11 heavy (non-hydrogen) atoms. The van der Waals surface area contributed by atoms with Gasteiger partial charge in [-0.2, -0.15) is 0 Å². The van der Waals surface area contributed by atoms with Crippen LogP contribution in [0.3, 0.4) is 0 Å². The molecule has 1 unspecified atom stereocenters. The van der Waals surface area contributed by atoms with Crippen LogP contribution >= 0.6 is 0 Å². The van der Waals surface area contributed by atoms with Gasteiger partial charge in [0.25, 0.3) is 0 Å². The fourth-order valence-electron chi connectivity index (χ4n) is 1.43. The average Bonchev–Trinajstić information content (AvgIpc) is 2.55. The Bertz CT molecular complexity index is 233. The molecular weight excluding hydrogens is 140 g/mol. The predicted octanol–water partition coefficient (Wildman–Crippen LogP) is 2.44. The summed E-state index contributed by atoms with van der Waals surface area (Å²) in [6, 6.07) is 3.99. The van der Waals surface area contributed by atoms with Crippen molar-refractivity contribution < 1.29 is 9.15 Å². The van der Waals surface area contributed by atoms with Crippen LogP contribution in [-0.2, 0) is 4.74 Å². The van der Waals surface area contributed by atoms with Crippen LogP contribution in [0.15, 0.2) is 16.5 Å². The molecule has 2 heterocycles. The average molecular weight is 152 g/mol. The molecule has 0 N–H and O–H groups in total. The van der Waals surface area contributed by atoms with Gasteiger partial charge in [-0.1, -0.05) is 0 Å². The lowest BCUT2D eigenvalue weighted by molar-refractivity contribution is 0.0928. The van der Waals surface area contributed by atoms with E-state index in [2.05, 4.69) is 0 Å². The van der Waals surface area contributed by atoms with Crippen LogP contribution in [0.5, 0.6) is 0 Å². The van der Waals surface area contributed by atoms with E-state index in [1.165, 1.54) is 0 Å². The Morgan fingerprint density at radius 2 is 2.36 bits per heavy atom. The highest BCUT2D eigenvalue weighted by molar-refractivity contribution is 5.08. The first-order valence-corrected chi connectivity index (χ1v) is 4.04. The molecule has 1 aliphatic heterocycles. The minimum Gasteiger partial charge on any atom is -0.464 e. The smallest absolute Gasteiger partial charge is 0.132 e. The molecule has 0 aromatic carbocycles. The molecule has 1 fully saturated rings. The predicted molar refractivity (Wildman–Crippen MR) is 41.4 cm³/mol. The third-order valence-corrected chi connectivity index (χ3v) is 2.01. The number of furan rings is 1. The van der Waals surface area contributed by atoms with Gasteiger partial charge in [0, 0.05) is 6.61 Å². The Morgan fingerprint density at radius 1 is 1.45 bits per heavy atom. The zero-order valence-corrected chi connectivity index (χ0v) is 6.67. The van der Waals surface area contributed by atoms with Crippen LogP contribution < -0.4 is 0 Å². The second-order valence-corrected chi connectivity index (χ2v) is 2.95. The van der Waals surface area contributed by atoms with Crippen molar-refractivity contribution >= 4 is 0 Å². The van der Waals surface area contributed by atoms with Crippen molar-refractivity contribution in [2.75, 3.05) is 6.61 Å². The monoisotopic (exact) mass is 152 g/mol. The summed E-state index contributed by atoms with van der Waals surface area (Å²) in [5.74, 6) is 1.95. The topological polar surface area (TPSA) is 22.4 Å². The Morgan fingerprint density at radius 3 is 2.91 bits per heavy atom. The lowest BCUT2D eigenvalue weighted by Gasteiger charge is -2.03. The van der Waals surface area contributed by atoms with Gasteiger partial charge < -0.3 is 9.15 Å². The number of hydrogen-bond acceptors (Lipinski definition) is 2. The highest BCUT2D eigenvalue weighted by Crippen LogP contribution is 2.29. The van der Waals surface area contributed by atoms with Crippen LogP contribution in [-0.4, -0.2) is 6.61 Å². The zero-order chi connectivity index (χ0) is 7.68.